The summed E-state index contributed by atoms with van der Waals surface area (Å²) in [7, 11) is 1.59. The number of methoxy groups -OCH3 is 1. The zero-order chi connectivity index (χ0) is 19.2. The van der Waals surface area contributed by atoms with Crippen LogP contribution in [0.2, 0.25) is 0 Å². The Morgan fingerprint density at radius 2 is 2.11 bits per heavy atom. The number of pyridine rings is 1. The fourth-order valence-corrected chi connectivity index (χ4v) is 2.75. The number of hydrogen-bond donors (Lipinski definition) is 3. The molecule has 7 nitrogen and oxygen atoms in total. The van der Waals surface area contributed by atoms with Crippen LogP contribution in [0.1, 0.15) is 36.5 Å². The van der Waals surface area contributed by atoms with E-state index in [1.807, 2.05) is 39.0 Å². The number of nitrogens with one attached hydrogen (secondary N) is 2. The first kappa shape index (κ1) is 23.2. The summed E-state index contributed by atoms with van der Waals surface area (Å²) in [5, 5.41) is 17.2. The number of hydrogen-bond acceptors (Lipinski definition) is 5. The molecule has 0 aromatic carbocycles. The Bertz CT molecular complexity index is 759. The van der Waals surface area contributed by atoms with Crippen LogP contribution in [0, 0.1) is 13.8 Å². The molecular formula is C19H29IN4O3. The quantitative estimate of drug-likeness (QED) is 0.316. The van der Waals surface area contributed by atoms with Crippen molar-refractivity contribution in [1.82, 2.24) is 15.6 Å². The average Bonchev–Trinajstić information content (AvgIpc) is 2.97. The number of ether oxygens (including phenoxy) is 1. The number of aryl methyl sites for hydroxylation is 2. The van der Waals surface area contributed by atoms with Gasteiger partial charge < -0.3 is 24.9 Å². The fraction of sp³-hybridized carbons (Fsp3) is 0.474. The third-order valence-corrected chi connectivity index (χ3v) is 4.02. The van der Waals surface area contributed by atoms with Crippen LogP contribution in [0.3, 0.4) is 0 Å². The molecule has 0 radical (unpaired) electrons. The highest BCUT2D eigenvalue weighted by Crippen LogP contribution is 2.26. The van der Waals surface area contributed by atoms with Crippen molar-refractivity contribution in [1.29, 1.82) is 0 Å². The van der Waals surface area contributed by atoms with Gasteiger partial charge in [-0.25, -0.2) is 9.98 Å². The molecule has 0 fully saturated rings. The normalized spacial score (nSPS) is 13.5. The molecule has 0 spiro atoms. The van der Waals surface area contributed by atoms with E-state index >= 15 is 0 Å². The maximum absolute atomic E-state index is 10.8. The van der Waals surface area contributed by atoms with Gasteiger partial charge in [-0.1, -0.05) is 6.07 Å². The van der Waals surface area contributed by atoms with E-state index in [9.17, 15) is 5.11 Å². The first-order valence-electron chi connectivity index (χ1n) is 8.67. The second-order valence-corrected chi connectivity index (χ2v) is 6.32. The van der Waals surface area contributed by atoms with Crippen molar-refractivity contribution in [3.8, 4) is 5.88 Å². The summed E-state index contributed by atoms with van der Waals surface area (Å²) in [6, 6.07) is 5.64. The lowest BCUT2D eigenvalue weighted by atomic mass is 9.96. The molecule has 0 aliphatic rings. The molecule has 2 rings (SSSR count). The Morgan fingerprint density at radius 3 is 2.70 bits per heavy atom. The number of aliphatic imine (C=N–C) groups is 1. The third kappa shape index (κ3) is 6.39. The standard InChI is InChI=1S/C19H28N4O3.HI/c1-6-20-18(22-11-15-8-7-9-21-17(15)25-5)23-12-19(4,24)16-10-13(2)26-14(16)3;/h7-10,24H,6,11-12H2,1-5H3,(H2,20,22,23);1H. The molecule has 2 heterocycles. The Hall–Kier alpha value is -1.81. The number of rotatable bonds is 7. The van der Waals surface area contributed by atoms with Crippen LogP contribution in [0.4, 0.5) is 0 Å². The fourth-order valence-electron chi connectivity index (χ4n) is 2.75. The van der Waals surface area contributed by atoms with Crippen LogP contribution in [0.25, 0.3) is 0 Å². The Balaban J connectivity index is 0.00000364. The minimum Gasteiger partial charge on any atom is -0.481 e. The highest BCUT2D eigenvalue weighted by molar-refractivity contribution is 14.0. The summed E-state index contributed by atoms with van der Waals surface area (Å²) in [5.41, 5.74) is 0.580. The van der Waals surface area contributed by atoms with Crippen molar-refractivity contribution in [2.45, 2.75) is 39.8 Å². The van der Waals surface area contributed by atoms with Gasteiger partial charge in [0.1, 0.15) is 17.1 Å². The average molecular weight is 488 g/mol. The van der Waals surface area contributed by atoms with Crippen molar-refractivity contribution >= 4 is 29.9 Å². The van der Waals surface area contributed by atoms with Gasteiger partial charge in [-0.3, -0.25) is 0 Å². The van der Waals surface area contributed by atoms with E-state index in [1.54, 1.807) is 20.2 Å². The summed E-state index contributed by atoms with van der Waals surface area (Å²) in [4.78, 5) is 8.73. The van der Waals surface area contributed by atoms with Crippen LogP contribution in [-0.2, 0) is 12.1 Å². The minimum atomic E-state index is -1.08. The highest BCUT2D eigenvalue weighted by Gasteiger charge is 2.27. The number of halogens is 1. The molecule has 0 aliphatic carbocycles. The predicted molar refractivity (Wildman–Crippen MR) is 117 cm³/mol. The lowest BCUT2D eigenvalue weighted by molar-refractivity contribution is 0.0601. The first-order valence-corrected chi connectivity index (χ1v) is 8.67. The van der Waals surface area contributed by atoms with Gasteiger partial charge >= 0.3 is 0 Å². The molecule has 27 heavy (non-hydrogen) atoms. The maximum atomic E-state index is 10.8. The predicted octanol–water partition coefficient (Wildman–Crippen LogP) is 2.88. The number of aliphatic hydroxyl groups is 1. The smallest absolute Gasteiger partial charge is 0.218 e. The van der Waals surface area contributed by atoms with Gasteiger partial charge in [0.15, 0.2) is 5.96 Å². The number of guanidine groups is 1. The van der Waals surface area contributed by atoms with Crippen LogP contribution >= 0.6 is 24.0 Å². The van der Waals surface area contributed by atoms with Gasteiger partial charge in [-0.2, -0.15) is 0 Å². The zero-order valence-electron chi connectivity index (χ0n) is 16.5. The van der Waals surface area contributed by atoms with E-state index in [2.05, 4.69) is 20.6 Å². The molecular weight excluding hydrogens is 459 g/mol. The largest absolute Gasteiger partial charge is 0.481 e. The molecule has 1 unspecified atom stereocenters. The number of nitrogens with zero attached hydrogens (tertiary/aromatic N) is 2. The zero-order valence-corrected chi connectivity index (χ0v) is 18.8. The second-order valence-electron chi connectivity index (χ2n) is 6.32. The molecule has 0 aliphatic heterocycles. The van der Waals surface area contributed by atoms with Gasteiger partial charge in [0.25, 0.3) is 0 Å². The van der Waals surface area contributed by atoms with Crippen LogP contribution in [0.15, 0.2) is 33.8 Å². The van der Waals surface area contributed by atoms with Gasteiger partial charge in [0.05, 0.1) is 20.2 Å². The molecule has 0 bridgehead atoms. The Kier molecular flexibility index (Phi) is 9.04. The van der Waals surface area contributed by atoms with E-state index in [0.717, 1.165) is 22.6 Å². The molecule has 0 saturated carbocycles. The molecule has 0 amide bonds. The molecule has 0 saturated heterocycles. The van der Waals surface area contributed by atoms with E-state index < -0.39 is 5.60 Å². The molecule has 2 aromatic rings. The number of aromatic nitrogens is 1. The molecule has 150 valence electrons. The topological polar surface area (TPSA) is 91.9 Å². The summed E-state index contributed by atoms with van der Waals surface area (Å²) in [6.07, 6.45) is 1.68. The Labute approximate surface area is 177 Å². The lowest BCUT2D eigenvalue weighted by Crippen LogP contribution is -2.44. The highest BCUT2D eigenvalue weighted by atomic mass is 127. The summed E-state index contributed by atoms with van der Waals surface area (Å²) in [6.45, 7) is 8.88. The lowest BCUT2D eigenvalue weighted by Gasteiger charge is -2.24. The van der Waals surface area contributed by atoms with Crippen LogP contribution in [0.5, 0.6) is 5.88 Å². The van der Waals surface area contributed by atoms with Crippen molar-refractivity contribution in [3.05, 3.63) is 47.0 Å². The van der Waals surface area contributed by atoms with E-state index in [0.29, 0.717) is 31.5 Å². The van der Waals surface area contributed by atoms with Crippen molar-refractivity contribution in [3.63, 3.8) is 0 Å². The van der Waals surface area contributed by atoms with Crippen molar-refractivity contribution < 1.29 is 14.3 Å². The van der Waals surface area contributed by atoms with E-state index in [-0.39, 0.29) is 24.0 Å². The summed E-state index contributed by atoms with van der Waals surface area (Å²) >= 11 is 0. The van der Waals surface area contributed by atoms with Crippen molar-refractivity contribution in [2.75, 3.05) is 20.2 Å². The van der Waals surface area contributed by atoms with Crippen LogP contribution < -0.4 is 15.4 Å². The monoisotopic (exact) mass is 488 g/mol. The summed E-state index contributed by atoms with van der Waals surface area (Å²) in [5.74, 6) is 2.67. The third-order valence-electron chi connectivity index (χ3n) is 4.02. The molecule has 1 atom stereocenters. The van der Waals surface area contributed by atoms with Gasteiger partial charge in [0.2, 0.25) is 5.88 Å². The van der Waals surface area contributed by atoms with E-state index in [1.165, 1.54) is 0 Å². The minimum absolute atomic E-state index is 0. The SMILES string of the molecule is CCNC(=NCc1cccnc1OC)NCC(C)(O)c1cc(C)oc1C.I. The Morgan fingerprint density at radius 1 is 1.37 bits per heavy atom. The second kappa shape index (κ2) is 10.5. The van der Waals surface area contributed by atoms with Crippen LogP contribution in [-0.4, -0.2) is 36.2 Å². The number of furan rings is 1. The van der Waals surface area contributed by atoms with Gasteiger partial charge in [0, 0.05) is 23.9 Å². The van der Waals surface area contributed by atoms with Gasteiger partial charge in [-0.05, 0) is 39.8 Å². The summed E-state index contributed by atoms with van der Waals surface area (Å²) < 4.78 is 10.8. The van der Waals surface area contributed by atoms with Gasteiger partial charge in [-0.15, -0.1) is 24.0 Å². The first-order chi connectivity index (χ1) is 12.4. The molecule has 3 N–H and O–H groups in total. The van der Waals surface area contributed by atoms with E-state index in [4.69, 9.17) is 9.15 Å². The maximum Gasteiger partial charge on any atom is 0.218 e. The van der Waals surface area contributed by atoms with Crippen molar-refractivity contribution in [2.24, 2.45) is 4.99 Å². The molecule has 2 aromatic heterocycles. The molecule has 8 heteroatoms.